The van der Waals surface area contributed by atoms with E-state index in [1.807, 2.05) is 0 Å². The highest BCUT2D eigenvalue weighted by Gasteiger charge is 2.12. The van der Waals surface area contributed by atoms with E-state index in [0.717, 1.165) is 25.5 Å². The molecule has 0 amide bonds. The minimum atomic E-state index is 0. The molecule has 0 spiro atoms. The van der Waals surface area contributed by atoms with Gasteiger partial charge in [-0.2, -0.15) is 0 Å². The highest BCUT2D eigenvalue weighted by Crippen LogP contribution is 2.14. The Balaban J connectivity index is 0.00000128. The Bertz CT molecular complexity index is 278. The maximum atomic E-state index is 5.51. The van der Waals surface area contributed by atoms with Gasteiger partial charge in [0.2, 0.25) is 5.88 Å². The van der Waals surface area contributed by atoms with Crippen molar-refractivity contribution in [2.45, 2.75) is 19.3 Å². The van der Waals surface area contributed by atoms with Gasteiger partial charge in [0, 0.05) is 12.4 Å². The second-order valence-electron chi connectivity index (χ2n) is 3.89. The Labute approximate surface area is 102 Å². The zero-order valence-corrected chi connectivity index (χ0v) is 10.1. The number of hydrogen-bond acceptors (Lipinski definition) is 4. The van der Waals surface area contributed by atoms with Crippen LogP contribution in [-0.2, 0) is 0 Å². The zero-order chi connectivity index (χ0) is 10.3. The van der Waals surface area contributed by atoms with Gasteiger partial charge in [-0.1, -0.05) is 0 Å². The molecule has 0 bridgehead atoms. The van der Waals surface area contributed by atoms with Crippen LogP contribution in [0.4, 0.5) is 0 Å². The summed E-state index contributed by atoms with van der Waals surface area (Å²) in [4.78, 5) is 8.01. The van der Waals surface area contributed by atoms with E-state index >= 15 is 0 Å². The molecule has 1 atom stereocenters. The Kier molecular flexibility index (Phi) is 6.11. The largest absolute Gasteiger partial charge is 0.477 e. The third kappa shape index (κ3) is 4.33. The van der Waals surface area contributed by atoms with Crippen LogP contribution in [-0.4, -0.2) is 29.7 Å². The van der Waals surface area contributed by atoms with E-state index in [2.05, 4.69) is 15.3 Å². The molecule has 2 rings (SSSR count). The van der Waals surface area contributed by atoms with Crippen molar-refractivity contribution in [2.75, 3.05) is 19.7 Å². The standard InChI is InChI=1S/C11H17N3O.ClH/c1-2-10(8-12-4-1)3-7-15-11-9-13-5-6-14-11;/h5-6,9-10,12H,1-4,7-8H2;1H. The predicted octanol–water partition coefficient (Wildman–Crippen LogP) is 1.67. The van der Waals surface area contributed by atoms with Gasteiger partial charge in [-0.15, -0.1) is 12.4 Å². The lowest BCUT2D eigenvalue weighted by Crippen LogP contribution is -2.30. The minimum Gasteiger partial charge on any atom is -0.477 e. The summed E-state index contributed by atoms with van der Waals surface area (Å²) in [6.45, 7) is 3.04. The second-order valence-corrected chi connectivity index (χ2v) is 3.89. The first kappa shape index (κ1) is 13.2. The number of aromatic nitrogens is 2. The number of ether oxygens (including phenoxy) is 1. The van der Waals surface area contributed by atoms with Crippen molar-refractivity contribution in [3.8, 4) is 5.88 Å². The van der Waals surface area contributed by atoms with Crippen LogP contribution >= 0.6 is 12.4 Å². The second kappa shape index (κ2) is 7.41. The average molecular weight is 244 g/mol. The lowest BCUT2D eigenvalue weighted by atomic mass is 9.97. The fourth-order valence-electron chi connectivity index (χ4n) is 1.86. The maximum Gasteiger partial charge on any atom is 0.232 e. The molecule has 1 aromatic heterocycles. The summed E-state index contributed by atoms with van der Waals surface area (Å²) in [5.74, 6) is 1.39. The monoisotopic (exact) mass is 243 g/mol. The summed E-state index contributed by atoms with van der Waals surface area (Å²) in [6, 6.07) is 0. The number of hydrogen-bond donors (Lipinski definition) is 1. The molecule has 16 heavy (non-hydrogen) atoms. The van der Waals surface area contributed by atoms with E-state index < -0.39 is 0 Å². The van der Waals surface area contributed by atoms with Gasteiger partial charge in [0.1, 0.15) is 0 Å². The first-order valence-corrected chi connectivity index (χ1v) is 5.54. The van der Waals surface area contributed by atoms with Crippen molar-refractivity contribution < 1.29 is 4.74 Å². The quantitative estimate of drug-likeness (QED) is 0.874. The van der Waals surface area contributed by atoms with Crippen LogP contribution in [0.15, 0.2) is 18.6 Å². The topological polar surface area (TPSA) is 47.0 Å². The molecule has 1 fully saturated rings. The number of piperidine rings is 1. The van der Waals surface area contributed by atoms with Gasteiger partial charge < -0.3 is 10.1 Å². The molecule has 1 saturated heterocycles. The highest BCUT2D eigenvalue weighted by molar-refractivity contribution is 5.85. The van der Waals surface area contributed by atoms with E-state index in [1.54, 1.807) is 18.6 Å². The Morgan fingerprint density at radius 3 is 3.06 bits per heavy atom. The smallest absolute Gasteiger partial charge is 0.232 e. The third-order valence-corrected chi connectivity index (χ3v) is 2.71. The molecule has 1 N–H and O–H groups in total. The minimum absolute atomic E-state index is 0. The summed E-state index contributed by atoms with van der Waals surface area (Å²) in [6.07, 6.45) is 8.66. The van der Waals surface area contributed by atoms with Crippen molar-refractivity contribution in [3.05, 3.63) is 18.6 Å². The molecule has 1 aromatic rings. The van der Waals surface area contributed by atoms with Gasteiger partial charge in [-0.25, -0.2) is 4.98 Å². The molecular formula is C11H18ClN3O. The highest BCUT2D eigenvalue weighted by atomic mass is 35.5. The summed E-state index contributed by atoms with van der Waals surface area (Å²) < 4.78 is 5.51. The van der Waals surface area contributed by atoms with Gasteiger partial charge >= 0.3 is 0 Å². The summed E-state index contributed by atoms with van der Waals surface area (Å²) in [7, 11) is 0. The zero-order valence-electron chi connectivity index (χ0n) is 9.26. The normalized spacial score (nSPS) is 19.9. The molecule has 1 aliphatic rings. The molecule has 1 unspecified atom stereocenters. The Morgan fingerprint density at radius 1 is 1.44 bits per heavy atom. The van der Waals surface area contributed by atoms with Crippen molar-refractivity contribution >= 4 is 12.4 Å². The molecule has 5 heteroatoms. The molecule has 1 aliphatic heterocycles. The van der Waals surface area contributed by atoms with Crippen LogP contribution in [0, 0.1) is 5.92 Å². The number of nitrogens with one attached hydrogen (secondary N) is 1. The van der Waals surface area contributed by atoms with Gasteiger partial charge in [0.15, 0.2) is 0 Å². The number of halogens is 1. The molecule has 2 heterocycles. The van der Waals surface area contributed by atoms with E-state index in [-0.39, 0.29) is 12.4 Å². The molecule has 0 saturated carbocycles. The van der Waals surface area contributed by atoms with Crippen LogP contribution in [0.1, 0.15) is 19.3 Å². The van der Waals surface area contributed by atoms with E-state index in [0.29, 0.717) is 5.88 Å². The summed E-state index contributed by atoms with van der Waals surface area (Å²) >= 11 is 0. The number of rotatable bonds is 4. The molecular weight excluding hydrogens is 226 g/mol. The van der Waals surface area contributed by atoms with E-state index in [4.69, 9.17) is 4.74 Å². The fourth-order valence-corrected chi connectivity index (χ4v) is 1.86. The van der Waals surface area contributed by atoms with Crippen molar-refractivity contribution in [3.63, 3.8) is 0 Å². The Morgan fingerprint density at radius 2 is 2.38 bits per heavy atom. The molecule has 0 radical (unpaired) electrons. The Hall–Kier alpha value is -0.870. The SMILES string of the molecule is Cl.c1cnc(OCCC2CCCNC2)cn1. The molecule has 0 aromatic carbocycles. The van der Waals surface area contributed by atoms with Crippen LogP contribution in [0.3, 0.4) is 0 Å². The lowest BCUT2D eigenvalue weighted by Gasteiger charge is -2.22. The van der Waals surface area contributed by atoms with E-state index in [9.17, 15) is 0 Å². The van der Waals surface area contributed by atoms with Gasteiger partial charge in [-0.05, 0) is 38.3 Å². The van der Waals surface area contributed by atoms with Gasteiger partial charge in [0.25, 0.3) is 0 Å². The van der Waals surface area contributed by atoms with Gasteiger partial charge in [-0.3, -0.25) is 4.98 Å². The van der Waals surface area contributed by atoms with Crippen LogP contribution in [0.2, 0.25) is 0 Å². The van der Waals surface area contributed by atoms with E-state index in [1.165, 1.54) is 19.4 Å². The lowest BCUT2D eigenvalue weighted by molar-refractivity contribution is 0.246. The van der Waals surface area contributed by atoms with Crippen LogP contribution in [0.5, 0.6) is 5.88 Å². The average Bonchev–Trinajstić information content (AvgIpc) is 2.32. The first-order chi connectivity index (χ1) is 7.45. The summed E-state index contributed by atoms with van der Waals surface area (Å²) in [5.41, 5.74) is 0. The first-order valence-electron chi connectivity index (χ1n) is 5.54. The summed E-state index contributed by atoms with van der Waals surface area (Å²) in [5, 5.41) is 3.40. The van der Waals surface area contributed by atoms with Crippen molar-refractivity contribution in [1.29, 1.82) is 0 Å². The molecule has 0 aliphatic carbocycles. The van der Waals surface area contributed by atoms with Crippen molar-refractivity contribution in [2.24, 2.45) is 5.92 Å². The van der Waals surface area contributed by atoms with Gasteiger partial charge in [0.05, 0.1) is 12.8 Å². The fraction of sp³-hybridized carbons (Fsp3) is 0.636. The maximum absolute atomic E-state index is 5.51. The molecule has 4 nitrogen and oxygen atoms in total. The van der Waals surface area contributed by atoms with Crippen LogP contribution in [0.25, 0.3) is 0 Å². The number of nitrogens with zero attached hydrogens (tertiary/aromatic N) is 2. The molecule has 90 valence electrons. The third-order valence-electron chi connectivity index (χ3n) is 2.71. The van der Waals surface area contributed by atoms with Crippen molar-refractivity contribution in [1.82, 2.24) is 15.3 Å². The predicted molar refractivity (Wildman–Crippen MR) is 65.0 cm³/mol. The van der Waals surface area contributed by atoms with Crippen LogP contribution < -0.4 is 10.1 Å².